The highest BCUT2D eigenvalue weighted by Gasteiger charge is 2.38. The summed E-state index contributed by atoms with van der Waals surface area (Å²) in [6.45, 7) is 9.80. The number of hydrogen-bond acceptors (Lipinski definition) is 5. The van der Waals surface area contributed by atoms with E-state index in [1.165, 1.54) is 6.92 Å². The number of hydrogen-bond donors (Lipinski definition) is 0. The SMILES string of the molecule is CC#N.CC(C)(C)OC(=O)N1CCC(C)(C(=O)CC#N)CC1. The fourth-order valence-corrected chi connectivity index (χ4v) is 2.07. The quantitative estimate of drug-likeness (QED) is 0.781. The van der Waals surface area contributed by atoms with Gasteiger partial charge < -0.3 is 9.64 Å². The molecule has 1 heterocycles. The Morgan fingerprint density at radius 1 is 1.23 bits per heavy atom. The summed E-state index contributed by atoms with van der Waals surface area (Å²) in [5, 5.41) is 15.9. The molecule has 0 aliphatic carbocycles. The third-order valence-electron chi connectivity index (χ3n) is 3.43. The number of rotatable bonds is 2. The van der Waals surface area contributed by atoms with Crippen LogP contribution in [0.2, 0.25) is 0 Å². The van der Waals surface area contributed by atoms with Gasteiger partial charge in [0.15, 0.2) is 5.78 Å². The van der Waals surface area contributed by atoms with Gasteiger partial charge in [0, 0.05) is 25.4 Å². The molecule has 0 unspecified atom stereocenters. The van der Waals surface area contributed by atoms with Crippen LogP contribution in [0.5, 0.6) is 0 Å². The summed E-state index contributed by atoms with van der Waals surface area (Å²) in [5.74, 6) is -0.0289. The zero-order chi connectivity index (χ0) is 17.4. The van der Waals surface area contributed by atoms with Gasteiger partial charge in [-0.2, -0.15) is 10.5 Å². The first-order valence-electron chi connectivity index (χ1n) is 7.28. The lowest BCUT2D eigenvalue weighted by Gasteiger charge is -2.38. The monoisotopic (exact) mass is 307 g/mol. The van der Waals surface area contributed by atoms with E-state index < -0.39 is 11.0 Å². The Morgan fingerprint density at radius 2 is 1.68 bits per heavy atom. The summed E-state index contributed by atoms with van der Waals surface area (Å²) in [4.78, 5) is 25.4. The first-order chi connectivity index (χ1) is 10.1. The van der Waals surface area contributed by atoms with Crippen molar-refractivity contribution < 1.29 is 14.3 Å². The fraction of sp³-hybridized carbons (Fsp3) is 0.750. The molecule has 0 aromatic rings. The summed E-state index contributed by atoms with van der Waals surface area (Å²) >= 11 is 0. The van der Waals surface area contributed by atoms with Crippen molar-refractivity contribution in [3.63, 3.8) is 0 Å². The lowest BCUT2D eigenvalue weighted by molar-refractivity contribution is -0.129. The predicted octanol–water partition coefficient (Wildman–Crippen LogP) is 3.04. The molecular weight excluding hydrogens is 282 g/mol. The van der Waals surface area contributed by atoms with Crippen molar-refractivity contribution in [2.75, 3.05) is 13.1 Å². The van der Waals surface area contributed by atoms with Gasteiger partial charge in [-0.3, -0.25) is 4.79 Å². The smallest absolute Gasteiger partial charge is 0.410 e. The van der Waals surface area contributed by atoms with Gasteiger partial charge in [0.1, 0.15) is 5.60 Å². The molecule has 6 heteroatoms. The topological polar surface area (TPSA) is 94.2 Å². The lowest BCUT2D eigenvalue weighted by Crippen LogP contribution is -2.46. The highest BCUT2D eigenvalue weighted by Crippen LogP contribution is 2.33. The highest BCUT2D eigenvalue weighted by molar-refractivity contribution is 5.86. The van der Waals surface area contributed by atoms with Crippen molar-refractivity contribution in [3.05, 3.63) is 0 Å². The molecule has 0 aromatic carbocycles. The van der Waals surface area contributed by atoms with Gasteiger partial charge in [0.2, 0.25) is 0 Å². The van der Waals surface area contributed by atoms with Gasteiger partial charge in [0.25, 0.3) is 0 Å². The van der Waals surface area contributed by atoms with Gasteiger partial charge in [-0.15, -0.1) is 0 Å². The van der Waals surface area contributed by atoms with E-state index >= 15 is 0 Å². The maximum absolute atomic E-state index is 11.9. The van der Waals surface area contributed by atoms with Crippen molar-refractivity contribution in [2.45, 2.75) is 59.5 Å². The van der Waals surface area contributed by atoms with Crippen LogP contribution in [-0.4, -0.2) is 35.5 Å². The second-order valence-electron chi connectivity index (χ2n) is 6.51. The van der Waals surface area contributed by atoms with E-state index in [1.807, 2.05) is 33.8 Å². The highest BCUT2D eigenvalue weighted by atomic mass is 16.6. The molecular formula is C16H25N3O3. The zero-order valence-corrected chi connectivity index (χ0v) is 14.1. The number of nitrogens with zero attached hydrogens (tertiary/aromatic N) is 3. The first kappa shape index (κ1) is 19.9. The van der Waals surface area contributed by atoms with Crippen molar-refractivity contribution in [1.29, 1.82) is 10.5 Å². The molecule has 0 bridgehead atoms. The minimum atomic E-state index is -0.505. The zero-order valence-electron chi connectivity index (χ0n) is 14.1. The van der Waals surface area contributed by atoms with Gasteiger partial charge in [0.05, 0.1) is 18.6 Å². The van der Waals surface area contributed by atoms with E-state index in [-0.39, 0.29) is 18.3 Å². The Morgan fingerprint density at radius 3 is 2.05 bits per heavy atom. The van der Waals surface area contributed by atoms with E-state index in [9.17, 15) is 9.59 Å². The van der Waals surface area contributed by atoms with Crippen LogP contribution in [0.25, 0.3) is 0 Å². The Bertz CT molecular complexity index is 472. The van der Waals surface area contributed by atoms with Gasteiger partial charge >= 0.3 is 6.09 Å². The minimum Gasteiger partial charge on any atom is -0.444 e. The van der Waals surface area contributed by atoms with Crippen molar-refractivity contribution in [1.82, 2.24) is 4.90 Å². The summed E-state index contributed by atoms with van der Waals surface area (Å²) in [6, 6.07) is 3.65. The van der Waals surface area contributed by atoms with Crippen LogP contribution in [0.4, 0.5) is 4.79 Å². The number of amides is 1. The van der Waals surface area contributed by atoms with Gasteiger partial charge in [-0.05, 0) is 33.6 Å². The summed E-state index contributed by atoms with van der Waals surface area (Å²) in [6.07, 6.45) is 0.796. The molecule has 1 aliphatic heterocycles. The molecule has 1 fully saturated rings. The molecule has 0 atom stereocenters. The Balaban J connectivity index is 0.00000135. The normalized spacial score (nSPS) is 16.4. The molecule has 0 saturated carbocycles. The van der Waals surface area contributed by atoms with Crippen LogP contribution in [0.1, 0.15) is 53.9 Å². The maximum Gasteiger partial charge on any atom is 0.410 e. The van der Waals surface area contributed by atoms with Crippen molar-refractivity contribution >= 4 is 11.9 Å². The molecule has 22 heavy (non-hydrogen) atoms. The molecule has 0 aromatic heterocycles. The number of ketones is 1. The average Bonchev–Trinajstić information content (AvgIpc) is 2.38. The largest absolute Gasteiger partial charge is 0.444 e. The lowest BCUT2D eigenvalue weighted by atomic mass is 9.76. The third-order valence-corrected chi connectivity index (χ3v) is 3.43. The van der Waals surface area contributed by atoms with Gasteiger partial charge in [-0.1, -0.05) is 6.92 Å². The summed E-state index contributed by atoms with van der Waals surface area (Å²) < 4.78 is 5.30. The van der Waals surface area contributed by atoms with Crippen LogP contribution in [-0.2, 0) is 9.53 Å². The molecule has 1 saturated heterocycles. The van der Waals surface area contributed by atoms with E-state index in [0.717, 1.165) is 0 Å². The van der Waals surface area contributed by atoms with Crippen LogP contribution in [0.15, 0.2) is 0 Å². The van der Waals surface area contributed by atoms with Gasteiger partial charge in [-0.25, -0.2) is 4.79 Å². The van der Waals surface area contributed by atoms with Crippen LogP contribution >= 0.6 is 0 Å². The second-order valence-corrected chi connectivity index (χ2v) is 6.51. The van der Waals surface area contributed by atoms with Crippen LogP contribution < -0.4 is 0 Å². The molecule has 1 rings (SSSR count). The first-order valence-corrected chi connectivity index (χ1v) is 7.28. The number of likely N-dealkylation sites (tertiary alicyclic amines) is 1. The summed E-state index contributed by atoms with van der Waals surface area (Å²) in [7, 11) is 0. The fourth-order valence-electron chi connectivity index (χ4n) is 2.07. The number of carbonyl (C=O) groups excluding carboxylic acids is 2. The van der Waals surface area contributed by atoms with E-state index in [0.29, 0.717) is 25.9 Å². The Labute approximate surface area is 132 Å². The third kappa shape index (κ3) is 6.58. The molecule has 0 radical (unpaired) electrons. The molecule has 0 N–H and O–H groups in total. The number of nitriles is 2. The standard InChI is InChI=1S/C14H22N2O3.C2H3N/c1-13(2,3)19-12(18)16-9-6-14(4,7-10-16)11(17)5-8-15;1-2-3/h5-7,9-10H2,1-4H3;1H3. The number of carbonyl (C=O) groups is 2. The number of ether oxygens (including phenoxy) is 1. The molecule has 1 aliphatic rings. The van der Waals surface area contributed by atoms with E-state index in [2.05, 4.69) is 0 Å². The Hall–Kier alpha value is -2.08. The number of Topliss-reactive ketones (excluding diaryl/α,β-unsaturated/α-hetero) is 1. The van der Waals surface area contributed by atoms with Crippen LogP contribution in [0.3, 0.4) is 0 Å². The molecule has 122 valence electrons. The minimum absolute atomic E-state index is 0.0289. The Kier molecular flexibility index (Phi) is 7.59. The van der Waals surface area contributed by atoms with Crippen molar-refractivity contribution in [3.8, 4) is 12.1 Å². The maximum atomic E-state index is 11.9. The molecule has 6 nitrogen and oxygen atoms in total. The van der Waals surface area contributed by atoms with E-state index in [1.54, 1.807) is 11.0 Å². The van der Waals surface area contributed by atoms with Crippen LogP contribution in [0, 0.1) is 28.1 Å². The number of piperidine rings is 1. The average molecular weight is 307 g/mol. The predicted molar refractivity (Wildman–Crippen MR) is 81.7 cm³/mol. The second kappa shape index (κ2) is 8.38. The van der Waals surface area contributed by atoms with Crippen molar-refractivity contribution in [2.24, 2.45) is 5.41 Å². The molecule has 1 amide bonds. The summed E-state index contributed by atoms with van der Waals surface area (Å²) in [5.41, 5.74) is -0.983. The van der Waals surface area contributed by atoms with E-state index in [4.69, 9.17) is 15.3 Å². The molecule has 0 spiro atoms.